The Hall–Kier alpha value is -1.17. The fraction of sp³-hybridized carbons (Fsp3) is 0.696. The van der Waals surface area contributed by atoms with Gasteiger partial charge in [0.25, 0.3) is 0 Å². The van der Waals surface area contributed by atoms with Crippen LogP contribution < -0.4 is 0 Å². The number of benzene rings is 1. The van der Waals surface area contributed by atoms with Gasteiger partial charge in [-0.3, -0.25) is 4.79 Å². The molecule has 28 heavy (non-hydrogen) atoms. The van der Waals surface area contributed by atoms with Crippen LogP contribution >= 0.6 is 0 Å². The first-order valence-electron chi connectivity index (χ1n) is 10.8. The van der Waals surface area contributed by atoms with Crippen molar-refractivity contribution in [2.45, 2.75) is 70.3 Å². The third-order valence-electron chi connectivity index (χ3n) is 7.49. The molecule has 1 heterocycles. The lowest BCUT2D eigenvalue weighted by Crippen LogP contribution is -2.50. The van der Waals surface area contributed by atoms with Crippen LogP contribution in [0.5, 0.6) is 0 Å². The first-order valence-corrected chi connectivity index (χ1v) is 13.7. The Balaban J connectivity index is 1.47. The molecule has 1 aromatic carbocycles. The van der Waals surface area contributed by atoms with Crippen molar-refractivity contribution in [3.05, 3.63) is 35.9 Å². The van der Waals surface area contributed by atoms with E-state index in [4.69, 9.17) is 9.16 Å². The molecule has 154 valence electrons. The van der Waals surface area contributed by atoms with Crippen molar-refractivity contribution < 1.29 is 14.0 Å². The number of rotatable bonds is 5. The standard InChI is InChI=1S/C23H35NO3Si/c1-23(2,3)28(4,5)27-21-19-12-17(19)13-20(21)22(25)24-15-26-14-18(24)11-16-9-7-6-8-10-16/h6-10,17-21H,11-15H2,1-5H3/t17-,18+,19-,20-,21-/m0/s1. The number of nitrogens with zero attached hydrogens (tertiary/aromatic N) is 1. The third kappa shape index (κ3) is 3.81. The largest absolute Gasteiger partial charge is 0.413 e. The van der Waals surface area contributed by atoms with Crippen molar-refractivity contribution in [1.29, 1.82) is 0 Å². The minimum absolute atomic E-state index is 0.0119. The van der Waals surface area contributed by atoms with E-state index in [0.29, 0.717) is 25.2 Å². The monoisotopic (exact) mass is 401 g/mol. The van der Waals surface area contributed by atoms with Gasteiger partial charge in [0.1, 0.15) is 6.73 Å². The van der Waals surface area contributed by atoms with Gasteiger partial charge in [-0.05, 0) is 54.8 Å². The second kappa shape index (κ2) is 7.26. The van der Waals surface area contributed by atoms with Gasteiger partial charge in [-0.25, -0.2) is 0 Å². The van der Waals surface area contributed by atoms with Gasteiger partial charge in [-0.2, -0.15) is 0 Å². The highest BCUT2D eigenvalue weighted by Crippen LogP contribution is 2.57. The Labute approximate surface area is 170 Å². The number of hydrogen-bond donors (Lipinski definition) is 0. The molecule has 3 fully saturated rings. The molecule has 5 heteroatoms. The zero-order valence-electron chi connectivity index (χ0n) is 18.0. The molecule has 1 aromatic rings. The lowest BCUT2D eigenvalue weighted by Gasteiger charge is -2.41. The highest BCUT2D eigenvalue weighted by atomic mass is 28.4. The Morgan fingerprint density at radius 1 is 1.21 bits per heavy atom. The van der Waals surface area contributed by atoms with Gasteiger partial charge in [0.15, 0.2) is 8.32 Å². The minimum Gasteiger partial charge on any atom is -0.413 e. The molecule has 4 nitrogen and oxygen atoms in total. The van der Waals surface area contributed by atoms with Gasteiger partial charge in [0.2, 0.25) is 5.91 Å². The summed E-state index contributed by atoms with van der Waals surface area (Å²) < 4.78 is 12.5. The number of fused-ring (bicyclic) bond motifs is 1. The molecule has 3 aliphatic rings. The first-order chi connectivity index (χ1) is 13.2. The number of ether oxygens (including phenoxy) is 1. The summed E-state index contributed by atoms with van der Waals surface area (Å²) in [6, 6.07) is 10.6. The molecule has 4 rings (SSSR count). The fourth-order valence-electron chi connectivity index (χ4n) is 4.63. The summed E-state index contributed by atoms with van der Waals surface area (Å²) in [5, 5.41) is 0.167. The van der Waals surface area contributed by atoms with Crippen molar-refractivity contribution in [2.24, 2.45) is 17.8 Å². The van der Waals surface area contributed by atoms with E-state index < -0.39 is 8.32 Å². The molecule has 1 aliphatic heterocycles. The minimum atomic E-state index is -1.89. The van der Waals surface area contributed by atoms with E-state index in [1.54, 1.807) is 0 Å². The first kappa shape index (κ1) is 20.1. The maximum absolute atomic E-state index is 13.5. The molecular weight excluding hydrogens is 366 g/mol. The average molecular weight is 402 g/mol. The smallest absolute Gasteiger partial charge is 0.230 e. The molecule has 0 aromatic heterocycles. The molecule has 1 amide bonds. The molecule has 0 N–H and O–H groups in total. The predicted molar refractivity (Wildman–Crippen MR) is 113 cm³/mol. The maximum atomic E-state index is 13.5. The van der Waals surface area contributed by atoms with Gasteiger partial charge >= 0.3 is 0 Å². The van der Waals surface area contributed by atoms with E-state index >= 15 is 0 Å². The Morgan fingerprint density at radius 2 is 1.93 bits per heavy atom. The molecule has 0 radical (unpaired) electrons. The lowest BCUT2D eigenvalue weighted by atomic mass is 9.97. The van der Waals surface area contributed by atoms with E-state index in [0.717, 1.165) is 12.8 Å². The highest BCUT2D eigenvalue weighted by Gasteiger charge is 2.59. The summed E-state index contributed by atoms with van der Waals surface area (Å²) in [5.74, 6) is 1.56. The molecule has 0 unspecified atom stereocenters. The van der Waals surface area contributed by atoms with Crippen LogP contribution in [0.25, 0.3) is 0 Å². The van der Waals surface area contributed by atoms with Crippen molar-refractivity contribution in [3.63, 3.8) is 0 Å². The zero-order valence-corrected chi connectivity index (χ0v) is 19.0. The second-order valence-electron chi connectivity index (χ2n) is 10.5. The molecular formula is C23H35NO3Si. The number of hydrogen-bond acceptors (Lipinski definition) is 3. The maximum Gasteiger partial charge on any atom is 0.230 e. The predicted octanol–water partition coefficient (Wildman–Crippen LogP) is 4.46. The van der Waals surface area contributed by atoms with Crippen LogP contribution in [0.1, 0.15) is 39.2 Å². The van der Waals surface area contributed by atoms with E-state index in [-0.39, 0.29) is 29.0 Å². The van der Waals surface area contributed by atoms with Crippen LogP contribution in [0.2, 0.25) is 18.1 Å². The number of carbonyl (C=O) groups excluding carboxylic acids is 1. The van der Waals surface area contributed by atoms with Crippen LogP contribution in [0.15, 0.2) is 30.3 Å². The summed E-state index contributed by atoms with van der Waals surface area (Å²) >= 11 is 0. The molecule has 5 atom stereocenters. The van der Waals surface area contributed by atoms with Gasteiger partial charge in [-0.15, -0.1) is 0 Å². The lowest BCUT2D eigenvalue weighted by molar-refractivity contribution is -0.140. The van der Waals surface area contributed by atoms with Crippen LogP contribution in [-0.4, -0.2) is 44.6 Å². The average Bonchev–Trinajstić information content (AvgIpc) is 3.10. The van der Waals surface area contributed by atoms with Crippen molar-refractivity contribution in [1.82, 2.24) is 4.90 Å². The van der Waals surface area contributed by atoms with E-state index in [2.05, 4.69) is 58.1 Å². The molecule has 0 spiro atoms. The summed E-state index contributed by atoms with van der Waals surface area (Å²) in [6.45, 7) is 12.5. The summed E-state index contributed by atoms with van der Waals surface area (Å²) in [4.78, 5) is 15.5. The molecule has 2 aliphatic carbocycles. The molecule has 0 bridgehead atoms. The third-order valence-corrected chi connectivity index (χ3v) is 12.0. The van der Waals surface area contributed by atoms with Crippen molar-refractivity contribution in [3.8, 4) is 0 Å². The summed E-state index contributed by atoms with van der Waals surface area (Å²) in [6.07, 6.45) is 3.21. The van der Waals surface area contributed by atoms with Crippen LogP contribution in [0.4, 0.5) is 0 Å². The topological polar surface area (TPSA) is 38.8 Å². The Kier molecular flexibility index (Phi) is 5.22. The van der Waals surface area contributed by atoms with E-state index in [9.17, 15) is 4.79 Å². The summed E-state index contributed by atoms with van der Waals surface area (Å²) in [7, 11) is -1.89. The fourth-order valence-corrected chi connectivity index (χ4v) is 6.00. The molecule has 1 saturated heterocycles. The SMILES string of the molecule is CC(C)(C)[Si](C)(C)O[C@H]1[C@H]2C[C@H]2C[C@@H]1C(=O)N1COC[C@H]1Cc1ccccc1. The van der Waals surface area contributed by atoms with E-state index in [1.807, 2.05) is 11.0 Å². The Bertz CT molecular complexity index is 714. The Morgan fingerprint density at radius 3 is 2.61 bits per heavy atom. The highest BCUT2D eigenvalue weighted by molar-refractivity contribution is 6.74. The number of carbonyl (C=O) groups is 1. The van der Waals surface area contributed by atoms with Crippen LogP contribution in [-0.2, 0) is 20.4 Å². The van der Waals surface area contributed by atoms with Gasteiger partial charge in [0, 0.05) is 0 Å². The van der Waals surface area contributed by atoms with Crippen LogP contribution in [0, 0.1) is 17.8 Å². The molecule has 2 saturated carbocycles. The summed E-state index contributed by atoms with van der Waals surface area (Å²) in [5.41, 5.74) is 1.26. The quantitative estimate of drug-likeness (QED) is 0.684. The van der Waals surface area contributed by atoms with Crippen molar-refractivity contribution >= 4 is 14.2 Å². The normalized spacial score (nSPS) is 32.5. The van der Waals surface area contributed by atoms with Gasteiger partial charge in [0.05, 0.1) is 24.7 Å². The second-order valence-corrected chi connectivity index (χ2v) is 15.3. The van der Waals surface area contributed by atoms with Crippen LogP contribution in [0.3, 0.4) is 0 Å². The van der Waals surface area contributed by atoms with Crippen molar-refractivity contribution in [2.75, 3.05) is 13.3 Å². The van der Waals surface area contributed by atoms with Gasteiger partial charge in [-0.1, -0.05) is 51.1 Å². The van der Waals surface area contributed by atoms with Gasteiger partial charge < -0.3 is 14.1 Å². The zero-order chi connectivity index (χ0) is 20.1. The number of amides is 1. The van der Waals surface area contributed by atoms with E-state index in [1.165, 1.54) is 12.0 Å².